The van der Waals surface area contributed by atoms with Crippen LogP contribution < -0.4 is 4.74 Å². The third-order valence-electron chi connectivity index (χ3n) is 4.59. The van der Waals surface area contributed by atoms with Crippen molar-refractivity contribution in [3.8, 4) is 5.75 Å². The third kappa shape index (κ3) is 4.18. The van der Waals surface area contributed by atoms with Crippen molar-refractivity contribution < 1.29 is 27.4 Å². The smallest absolute Gasteiger partial charge is 0.416 e. The van der Waals surface area contributed by atoms with E-state index in [1.807, 2.05) is 24.3 Å². The first-order valence-corrected chi connectivity index (χ1v) is 8.35. The number of benzene rings is 2. The Bertz CT molecular complexity index is 799. The Hall–Kier alpha value is -2.50. The fourth-order valence-electron chi connectivity index (χ4n) is 3.15. The lowest BCUT2D eigenvalue weighted by Gasteiger charge is -2.15. The molecule has 1 unspecified atom stereocenters. The zero-order valence-electron chi connectivity index (χ0n) is 14.3. The largest absolute Gasteiger partial charge is 0.493 e. The van der Waals surface area contributed by atoms with E-state index in [0.29, 0.717) is 30.8 Å². The molecule has 26 heavy (non-hydrogen) atoms. The van der Waals surface area contributed by atoms with Gasteiger partial charge in [0.25, 0.3) is 0 Å². The number of hydrogen-bond donors (Lipinski definition) is 0. The van der Waals surface area contributed by atoms with E-state index < -0.39 is 11.7 Å². The molecule has 0 spiro atoms. The number of rotatable bonds is 3. The third-order valence-corrected chi connectivity index (χ3v) is 4.59. The van der Waals surface area contributed by atoms with Crippen LogP contribution in [0.5, 0.6) is 5.75 Å². The molecule has 0 bridgehead atoms. The summed E-state index contributed by atoms with van der Waals surface area (Å²) in [6.45, 7) is 0.389. The van der Waals surface area contributed by atoms with E-state index in [0.717, 1.165) is 17.2 Å². The van der Waals surface area contributed by atoms with E-state index in [2.05, 4.69) is 4.74 Å². The molecule has 0 saturated carbocycles. The first-order chi connectivity index (χ1) is 12.4. The molecule has 1 aliphatic heterocycles. The van der Waals surface area contributed by atoms with Crippen LogP contribution in [0.4, 0.5) is 13.2 Å². The normalized spacial score (nSPS) is 17.0. The highest BCUT2D eigenvalue weighted by molar-refractivity contribution is 5.72. The minimum Gasteiger partial charge on any atom is -0.493 e. The Morgan fingerprint density at radius 2 is 2.04 bits per heavy atom. The first kappa shape index (κ1) is 18.3. The molecule has 1 atom stereocenters. The maximum atomic E-state index is 12.9. The summed E-state index contributed by atoms with van der Waals surface area (Å²) in [5, 5.41) is 0. The van der Waals surface area contributed by atoms with Gasteiger partial charge in [0, 0.05) is 5.92 Å². The fourth-order valence-corrected chi connectivity index (χ4v) is 3.15. The van der Waals surface area contributed by atoms with E-state index in [1.54, 1.807) is 0 Å². The van der Waals surface area contributed by atoms with Crippen molar-refractivity contribution in [2.45, 2.75) is 31.4 Å². The highest BCUT2D eigenvalue weighted by atomic mass is 19.4. The highest BCUT2D eigenvalue weighted by Gasteiger charge is 2.31. The van der Waals surface area contributed by atoms with Gasteiger partial charge in [-0.25, -0.2) is 0 Å². The molecule has 0 N–H and O–H groups in total. The molecule has 3 nitrogen and oxygen atoms in total. The molecular weight excluding hydrogens is 345 g/mol. The monoisotopic (exact) mass is 364 g/mol. The predicted octanol–water partition coefficient (Wildman–Crippen LogP) is 4.53. The molecule has 138 valence electrons. The summed E-state index contributed by atoms with van der Waals surface area (Å²) in [6, 6.07) is 11.2. The van der Waals surface area contributed by atoms with Gasteiger partial charge in [0.1, 0.15) is 5.75 Å². The summed E-state index contributed by atoms with van der Waals surface area (Å²) < 4.78 is 49.2. The number of fused-ring (bicyclic) bond motifs is 1. The molecule has 1 aliphatic rings. The maximum Gasteiger partial charge on any atom is 0.416 e. The number of carbonyl (C=O) groups is 1. The molecule has 2 aromatic carbocycles. The molecule has 3 rings (SSSR count). The Kier molecular flexibility index (Phi) is 5.20. The summed E-state index contributed by atoms with van der Waals surface area (Å²) in [7, 11) is 1.34. The van der Waals surface area contributed by atoms with E-state index >= 15 is 0 Å². The van der Waals surface area contributed by atoms with Crippen LogP contribution in [-0.4, -0.2) is 19.7 Å². The molecule has 0 fully saturated rings. The SMILES string of the molecule is COC(=O)Cc1cccc(C2CCc3cc(C(F)(F)F)ccc3OC2)c1. The van der Waals surface area contributed by atoms with Crippen molar-refractivity contribution >= 4 is 5.97 Å². The number of halogens is 3. The van der Waals surface area contributed by atoms with Crippen molar-refractivity contribution in [2.75, 3.05) is 13.7 Å². The number of alkyl halides is 3. The van der Waals surface area contributed by atoms with Gasteiger partial charge in [-0.3, -0.25) is 4.79 Å². The lowest BCUT2D eigenvalue weighted by molar-refractivity contribution is -0.140. The van der Waals surface area contributed by atoms with Crippen molar-refractivity contribution in [1.29, 1.82) is 0 Å². The minimum atomic E-state index is -4.36. The predicted molar refractivity (Wildman–Crippen MR) is 90.2 cm³/mol. The van der Waals surface area contributed by atoms with Gasteiger partial charge in [-0.15, -0.1) is 0 Å². The number of aryl methyl sites for hydroxylation is 1. The highest BCUT2D eigenvalue weighted by Crippen LogP contribution is 2.36. The summed E-state index contributed by atoms with van der Waals surface area (Å²) >= 11 is 0. The van der Waals surface area contributed by atoms with E-state index in [1.165, 1.54) is 19.2 Å². The van der Waals surface area contributed by atoms with Crippen LogP contribution in [0.25, 0.3) is 0 Å². The molecule has 2 aromatic rings. The van der Waals surface area contributed by atoms with Gasteiger partial charge in [0.05, 0.1) is 25.7 Å². The molecule has 6 heteroatoms. The van der Waals surface area contributed by atoms with Crippen LogP contribution in [0.2, 0.25) is 0 Å². The van der Waals surface area contributed by atoms with E-state index in [4.69, 9.17) is 4.74 Å². The van der Waals surface area contributed by atoms with Crippen LogP contribution in [-0.2, 0) is 28.5 Å². The second kappa shape index (κ2) is 7.40. The van der Waals surface area contributed by atoms with Crippen LogP contribution in [0, 0.1) is 0 Å². The quantitative estimate of drug-likeness (QED) is 0.751. The fraction of sp³-hybridized carbons (Fsp3) is 0.350. The standard InChI is InChI=1S/C20H19F3O3/c1-25-19(24)10-13-3-2-4-14(9-13)16-6-5-15-11-17(20(21,22)23)7-8-18(15)26-12-16/h2-4,7-9,11,16H,5-6,10,12H2,1H3. The summed E-state index contributed by atoms with van der Waals surface area (Å²) in [5.41, 5.74) is 1.78. The van der Waals surface area contributed by atoms with Gasteiger partial charge in [-0.2, -0.15) is 13.2 Å². The molecule has 0 amide bonds. The Morgan fingerprint density at radius 1 is 1.23 bits per heavy atom. The van der Waals surface area contributed by atoms with Gasteiger partial charge in [0.2, 0.25) is 0 Å². The molecule has 1 heterocycles. The summed E-state index contributed by atoms with van der Waals surface area (Å²) in [5.74, 6) is 0.243. The van der Waals surface area contributed by atoms with Crippen molar-refractivity contribution in [2.24, 2.45) is 0 Å². The molecule has 0 aromatic heterocycles. The van der Waals surface area contributed by atoms with Gasteiger partial charge >= 0.3 is 12.1 Å². The van der Waals surface area contributed by atoms with Crippen molar-refractivity contribution in [3.63, 3.8) is 0 Å². The zero-order valence-corrected chi connectivity index (χ0v) is 14.3. The number of methoxy groups -OCH3 is 1. The number of esters is 1. The number of carbonyl (C=O) groups excluding carboxylic acids is 1. The lowest BCUT2D eigenvalue weighted by Crippen LogP contribution is -2.10. The van der Waals surface area contributed by atoms with Gasteiger partial charge in [0.15, 0.2) is 0 Å². The van der Waals surface area contributed by atoms with Gasteiger partial charge in [-0.1, -0.05) is 24.3 Å². The maximum absolute atomic E-state index is 12.9. The Balaban J connectivity index is 1.77. The average molecular weight is 364 g/mol. The van der Waals surface area contributed by atoms with E-state index in [-0.39, 0.29) is 18.3 Å². The van der Waals surface area contributed by atoms with Crippen LogP contribution in [0.3, 0.4) is 0 Å². The topological polar surface area (TPSA) is 35.5 Å². The molecule has 0 radical (unpaired) electrons. The second-order valence-electron chi connectivity index (χ2n) is 6.36. The number of hydrogen-bond acceptors (Lipinski definition) is 3. The van der Waals surface area contributed by atoms with Gasteiger partial charge in [-0.05, 0) is 47.7 Å². The summed E-state index contributed by atoms with van der Waals surface area (Å²) in [6.07, 6.45) is -2.99. The second-order valence-corrected chi connectivity index (χ2v) is 6.36. The zero-order chi connectivity index (χ0) is 18.7. The Labute approximate surface area is 149 Å². The molecular formula is C20H19F3O3. The van der Waals surface area contributed by atoms with E-state index in [9.17, 15) is 18.0 Å². The average Bonchev–Trinajstić information content (AvgIpc) is 2.83. The van der Waals surface area contributed by atoms with Crippen LogP contribution in [0.15, 0.2) is 42.5 Å². The molecule has 0 aliphatic carbocycles. The van der Waals surface area contributed by atoms with Gasteiger partial charge < -0.3 is 9.47 Å². The molecule has 0 saturated heterocycles. The van der Waals surface area contributed by atoms with Crippen molar-refractivity contribution in [1.82, 2.24) is 0 Å². The van der Waals surface area contributed by atoms with Crippen LogP contribution in [0.1, 0.15) is 34.6 Å². The Morgan fingerprint density at radius 3 is 2.77 bits per heavy atom. The lowest BCUT2D eigenvalue weighted by atomic mass is 9.92. The van der Waals surface area contributed by atoms with Crippen molar-refractivity contribution in [3.05, 3.63) is 64.7 Å². The minimum absolute atomic E-state index is 0.0503. The first-order valence-electron chi connectivity index (χ1n) is 8.35. The van der Waals surface area contributed by atoms with Crippen LogP contribution >= 0.6 is 0 Å². The number of ether oxygens (including phenoxy) is 2. The summed E-state index contributed by atoms with van der Waals surface area (Å²) in [4.78, 5) is 11.4.